The van der Waals surface area contributed by atoms with Crippen LogP contribution in [0, 0.1) is 3.57 Å². The zero-order valence-electron chi connectivity index (χ0n) is 13.9. The quantitative estimate of drug-likeness (QED) is 0.514. The Labute approximate surface area is 165 Å². The number of anilines is 1. The van der Waals surface area contributed by atoms with Gasteiger partial charge in [0.25, 0.3) is 5.91 Å². The highest BCUT2D eigenvalue weighted by molar-refractivity contribution is 14.1. The van der Waals surface area contributed by atoms with Gasteiger partial charge in [-0.15, -0.1) is 0 Å². The maximum absolute atomic E-state index is 12.3. The largest absolute Gasteiger partial charge is 0.497 e. The molecule has 2 N–H and O–H groups in total. The van der Waals surface area contributed by atoms with Crippen LogP contribution < -0.4 is 24.8 Å². The number of ether oxygens (including phenoxy) is 3. The predicted molar refractivity (Wildman–Crippen MR) is 109 cm³/mol. The molecule has 6 nitrogen and oxygen atoms in total. The third-order valence-electron chi connectivity index (χ3n) is 3.30. The first-order chi connectivity index (χ1) is 12.0. The number of benzene rings is 2. The van der Waals surface area contributed by atoms with Crippen molar-refractivity contribution in [2.24, 2.45) is 0 Å². The SMILES string of the molecule is COc1ccc(OC)c(NC(=S)NC(=O)c2ccc(OC)c(I)c2)c1. The fourth-order valence-corrected chi connectivity index (χ4v) is 2.99. The van der Waals surface area contributed by atoms with Gasteiger partial charge in [-0.2, -0.15) is 0 Å². The molecule has 0 atom stereocenters. The van der Waals surface area contributed by atoms with Crippen molar-refractivity contribution >= 4 is 51.5 Å². The number of carbonyl (C=O) groups excluding carboxylic acids is 1. The van der Waals surface area contributed by atoms with Gasteiger partial charge in [-0.05, 0) is 65.1 Å². The molecular weight excluding hydrogens is 455 g/mol. The molecule has 0 bridgehead atoms. The summed E-state index contributed by atoms with van der Waals surface area (Å²) in [5, 5.41) is 5.74. The molecule has 0 spiro atoms. The zero-order valence-corrected chi connectivity index (χ0v) is 16.9. The molecule has 0 aliphatic carbocycles. The second-order valence-corrected chi connectivity index (χ2v) is 6.39. The lowest BCUT2D eigenvalue weighted by Gasteiger charge is -2.14. The Morgan fingerprint density at radius 1 is 1.00 bits per heavy atom. The van der Waals surface area contributed by atoms with Crippen LogP contribution in [0.5, 0.6) is 17.2 Å². The highest BCUT2D eigenvalue weighted by Crippen LogP contribution is 2.28. The van der Waals surface area contributed by atoms with Gasteiger partial charge in [0, 0.05) is 11.6 Å². The molecule has 0 aliphatic heterocycles. The van der Waals surface area contributed by atoms with Crippen molar-refractivity contribution in [1.82, 2.24) is 5.32 Å². The number of carbonyl (C=O) groups is 1. The smallest absolute Gasteiger partial charge is 0.257 e. The molecule has 0 heterocycles. The fourth-order valence-electron chi connectivity index (χ4n) is 2.05. The van der Waals surface area contributed by atoms with Crippen molar-refractivity contribution in [3.05, 3.63) is 45.5 Å². The predicted octanol–water partition coefficient (Wildman–Crippen LogP) is 3.44. The average molecular weight is 472 g/mol. The van der Waals surface area contributed by atoms with E-state index in [1.54, 1.807) is 57.7 Å². The van der Waals surface area contributed by atoms with Gasteiger partial charge in [-0.1, -0.05) is 0 Å². The minimum atomic E-state index is -0.320. The maximum Gasteiger partial charge on any atom is 0.257 e. The molecule has 2 aromatic rings. The van der Waals surface area contributed by atoms with Gasteiger partial charge < -0.3 is 19.5 Å². The number of halogens is 1. The minimum absolute atomic E-state index is 0.155. The van der Waals surface area contributed by atoms with Crippen LogP contribution >= 0.6 is 34.8 Å². The number of amides is 1. The molecule has 0 saturated carbocycles. The number of rotatable bonds is 5. The summed E-state index contributed by atoms with van der Waals surface area (Å²) in [5.74, 6) is 1.61. The Hall–Kier alpha value is -2.07. The Morgan fingerprint density at radius 3 is 2.28 bits per heavy atom. The van der Waals surface area contributed by atoms with Gasteiger partial charge in [0.2, 0.25) is 0 Å². The highest BCUT2D eigenvalue weighted by atomic mass is 127. The Kier molecular flexibility index (Phi) is 6.82. The summed E-state index contributed by atoms with van der Waals surface area (Å²) in [6, 6.07) is 10.4. The first-order valence-corrected chi connectivity index (χ1v) is 8.65. The molecule has 0 aliphatic rings. The van der Waals surface area contributed by atoms with Gasteiger partial charge in [0.1, 0.15) is 17.2 Å². The normalized spacial score (nSPS) is 9.92. The molecule has 132 valence electrons. The van der Waals surface area contributed by atoms with Crippen LogP contribution in [0.3, 0.4) is 0 Å². The van der Waals surface area contributed by atoms with Crippen LogP contribution in [0.15, 0.2) is 36.4 Å². The molecule has 0 aromatic heterocycles. The van der Waals surface area contributed by atoms with E-state index in [4.69, 9.17) is 26.4 Å². The lowest BCUT2D eigenvalue weighted by molar-refractivity contribution is 0.0977. The maximum atomic E-state index is 12.3. The highest BCUT2D eigenvalue weighted by Gasteiger charge is 2.12. The first-order valence-electron chi connectivity index (χ1n) is 7.16. The summed E-state index contributed by atoms with van der Waals surface area (Å²) in [6.45, 7) is 0. The van der Waals surface area contributed by atoms with Gasteiger partial charge in [0.05, 0.1) is 30.6 Å². The van der Waals surface area contributed by atoms with Crippen LogP contribution in [0.2, 0.25) is 0 Å². The summed E-state index contributed by atoms with van der Waals surface area (Å²) in [4.78, 5) is 12.3. The van der Waals surface area contributed by atoms with Crippen molar-refractivity contribution in [1.29, 1.82) is 0 Å². The van der Waals surface area contributed by atoms with Crippen LogP contribution in [0.1, 0.15) is 10.4 Å². The summed E-state index contributed by atoms with van der Waals surface area (Å²) in [6.07, 6.45) is 0. The molecule has 2 aromatic carbocycles. The molecule has 0 fully saturated rings. The van der Waals surface area contributed by atoms with E-state index in [0.29, 0.717) is 28.5 Å². The number of thiocarbonyl (C=S) groups is 1. The van der Waals surface area contributed by atoms with Crippen molar-refractivity contribution < 1.29 is 19.0 Å². The van der Waals surface area contributed by atoms with Crippen LogP contribution in [-0.2, 0) is 0 Å². The molecule has 0 radical (unpaired) electrons. The van der Waals surface area contributed by atoms with Crippen molar-refractivity contribution in [3.8, 4) is 17.2 Å². The first kappa shape index (κ1) is 19.3. The lowest BCUT2D eigenvalue weighted by Crippen LogP contribution is -2.34. The van der Waals surface area contributed by atoms with Gasteiger partial charge in [-0.3, -0.25) is 10.1 Å². The molecule has 0 unspecified atom stereocenters. The summed E-state index contributed by atoms with van der Waals surface area (Å²) >= 11 is 7.32. The lowest BCUT2D eigenvalue weighted by atomic mass is 10.2. The molecule has 8 heteroatoms. The second-order valence-electron chi connectivity index (χ2n) is 4.82. The molecule has 0 saturated heterocycles. The monoisotopic (exact) mass is 472 g/mol. The fraction of sp³-hybridized carbons (Fsp3) is 0.176. The topological polar surface area (TPSA) is 68.8 Å². The minimum Gasteiger partial charge on any atom is -0.497 e. The van der Waals surface area contributed by atoms with E-state index in [9.17, 15) is 4.79 Å². The van der Waals surface area contributed by atoms with E-state index in [2.05, 4.69) is 33.2 Å². The molecule has 1 amide bonds. The standard InChI is InChI=1S/C17H17IN2O4S/c1-22-11-5-7-15(24-3)13(9-11)19-17(25)20-16(21)10-4-6-14(23-2)12(18)8-10/h4-9H,1-3H3,(H2,19,20,21,25). The van der Waals surface area contributed by atoms with E-state index < -0.39 is 0 Å². The van der Waals surface area contributed by atoms with Crippen LogP contribution in [-0.4, -0.2) is 32.3 Å². The van der Waals surface area contributed by atoms with E-state index in [1.165, 1.54) is 0 Å². The average Bonchev–Trinajstić information content (AvgIpc) is 2.61. The number of hydrogen-bond acceptors (Lipinski definition) is 5. The molecule has 25 heavy (non-hydrogen) atoms. The number of nitrogens with one attached hydrogen (secondary N) is 2. The van der Waals surface area contributed by atoms with Gasteiger partial charge in [-0.25, -0.2) is 0 Å². The van der Waals surface area contributed by atoms with Crippen molar-refractivity contribution in [2.75, 3.05) is 26.6 Å². The van der Waals surface area contributed by atoms with Crippen LogP contribution in [0.25, 0.3) is 0 Å². The summed E-state index contributed by atoms with van der Waals surface area (Å²) in [7, 11) is 4.70. The molecular formula is C17H17IN2O4S. The Bertz CT molecular complexity index is 798. The summed E-state index contributed by atoms with van der Waals surface area (Å²) < 4.78 is 16.5. The van der Waals surface area contributed by atoms with Crippen molar-refractivity contribution in [2.45, 2.75) is 0 Å². The Balaban J connectivity index is 2.09. The summed E-state index contributed by atoms with van der Waals surface area (Å²) in [5.41, 5.74) is 1.07. The second kappa shape index (κ2) is 8.86. The van der Waals surface area contributed by atoms with Crippen molar-refractivity contribution in [3.63, 3.8) is 0 Å². The van der Waals surface area contributed by atoms with E-state index in [-0.39, 0.29) is 11.0 Å². The van der Waals surface area contributed by atoms with E-state index in [0.717, 1.165) is 3.57 Å². The number of hydrogen-bond donors (Lipinski definition) is 2. The third kappa shape index (κ3) is 4.95. The molecule has 2 rings (SSSR count). The zero-order chi connectivity index (χ0) is 18.4. The third-order valence-corrected chi connectivity index (χ3v) is 4.34. The Morgan fingerprint density at radius 2 is 1.68 bits per heavy atom. The van der Waals surface area contributed by atoms with Gasteiger partial charge >= 0.3 is 0 Å². The van der Waals surface area contributed by atoms with Gasteiger partial charge in [0.15, 0.2) is 5.11 Å². The van der Waals surface area contributed by atoms with E-state index >= 15 is 0 Å². The van der Waals surface area contributed by atoms with E-state index in [1.807, 2.05) is 0 Å². The van der Waals surface area contributed by atoms with Crippen LogP contribution in [0.4, 0.5) is 5.69 Å². The number of methoxy groups -OCH3 is 3.